The number of ether oxygens (including phenoxy) is 1. The summed E-state index contributed by atoms with van der Waals surface area (Å²) in [4.78, 5) is 12.0. The molecule has 0 aliphatic carbocycles. The van der Waals surface area contributed by atoms with Gasteiger partial charge in [0.2, 0.25) is 5.91 Å². The first-order valence-electron chi connectivity index (χ1n) is 6.10. The molecular formula is C15H13Cl2NO3. The molecule has 0 aliphatic heterocycles. The molecule has 0 spiro atoms. The largest absolute Gasteiger partial charge is 0.504 e. The van der Waals surface area contributed by atoms with Crippen LogP contribution in [0.15, 0.2) is 36.4 Å². The van der Waals surface area contributed by atoms with Gasteiger partial charge >= 0.3 is 0 Å². The molecule has 2 aromatic carbocycles. The van der Waals surface area contributed by atoms with Crippen molar-refractivity contribution < 1.29 is 14.6 Å². The van der Waals surface area contributed by atoms with Crippen molar-refractivity contribution in [3.8, 4) is 11.5 Å². The van der Waals surface area contributed by atoms with E-state index in [1.54, 1.807) is 30.3 Å². The van der Waals surface area contributed by atoms with Crippen LogP contribution in [-0.2, 0) is 11.2 Å². The zero-order valence-corrected chi connectivity index (χ0v) is 12.7. The highest BCUT2D eigenvalue weighted by Crippen LogP contribution is 2.28. The summed E-state index contributed by atoms with van der Waals surface area (Å²) >= 11 is 11.8. The molecule has 6 heteroatoms. The van der Waals surface area contributed by atoms with Crippen molar-refractivity contribution in [2.75, 3.05) is 12.4 Å². The number of carbonyl (C=O) groups excluding carboxylic acids is 1. The summed E-state index contributed by atoms with van der Waals surface area (Å²) in [5.41, 5.74) is 1.15. The van der Waals surface area contributed by atoms with Gasteiger partial charge in [0.25, 0.3) is 0 Å². The van der Waals surface area contributed by atoms with E-state index in [1.807, 2.05) is 0 Å². The van der Waals surface area contributed by atoms with E-state index in [2.05, 4.69) is 5.32 Å². The van der Waals surface area contributed by atoms with Gasteiger partial charge in [-0.1, -0.05) is 29.3 Å². The van der Waals surface area contributed by atoms with Crippen LogP contribution < -0.4 is 10.1 Å². The van der Waals surface area contributed by atoms with Gasteiger partial charge in [0, 0.05) is 21.8 Å². The molecule has 0 atom stereocenters. The third-order valence-corrected chi connectivity index (χ3v) is 3.42. The molecule has 2 aromatic rings. The Kier molecular flexibility index (Phi) is 4.94. The molecule has 0 saturated carbocycles. The number of nitrogens with one attached hydrogen (secondary N) is 1. The number of benzene rings is 2. The predicted molar refractivity (Wildman–Crippen MR) is 83.5 cm³/mol. The molecule has 0 saturated heterocycles. The lowest BCUT2D eigenvalue weighted by Gasteiger charge is -2.09. The molecule has 1 amide bonds. The second-order valence-corrected chi connectivity index (χ2v) is 5.19. The Morgan fingerprint density at radius 2 is 2.00 bits per heavy atom. The van der Waals surface area contributed by atoms with Gasteiger partial charge in [-0.3, -0.25) is 4.79 Å². The minimum atomic E-state index is -0.246. The zero-order chi connectivity index (χ0) is 15.4. The predicted octanol–water partition coefficient (Wildman–Crippen LogP) is 3.89. The number of anilines is 1. The van der Waals surface area contributed by atoms with Gasteiger partial charge in [-0.15, -0.1) is 0 Å². The fourth-order valence-electron chi connectivity index (χ4n) is 1.81. The molecule has 0 aromatic heterocycles. The van der Waals surface area contributed by atoms with Crippen molar-refractivity contribution in [3.05, 3.63) is 52.0 Å². The van der Waals surface area contributed by atoms with Crippen molar-refractivity contribution in [1.82, 2.24) is 0 Å². The topological polar surface area (TPSA) is 58.6 Å². The van der Waals surface area contributed by atoms with Crippen molar-refractivity contribution in [1.29, 1.82) is 0 Å². The van der Waals surface area contributed by atoms with Gasteiger partial charge in [0.1, 0.15) is 0 Å². The molecule has 2 rings (SSSR count). The first-order valence-corrected chi connectivity index (χ1v) is 6.86. The average molecular weight is 326 g/mol. The van der Waals surface area contributed by atoms with Crippen LogP contribution in [0.5, 0.6) is 11.5 Å². The average Bonchev–Trinajstić information content (AvgIpc) is 2.42. The Balaban J connectivity index is 2.06. The molecule has 2 N–H and O–H groups in total. The molecule has 4 nitrogen and oxygen atoms in total. The monoisotopic (exact) mass is 325 g/mol. The summed E-state index contributed by atoms with van der Waals surface area (Å²) in [6.45, 7) is 0. The van der Waals surface area contributed by atoms with E-state index in [1.165, 1.54) is 13.2 Å². The van der Waals surface area contributed by atoms with Gasteiger partial charge in [-0.05, 0) is 29.8 Å². The number of methoxy groups -OCH3 is 1. The Morgan fingerprint density at radius 1 is 1.24 bits per heavy atom. The molecule has 21 heavy (non-hydrogen) atoms. The van der Waals surface area contributed by atoms with Crippen LogP contribution in [0, 0.1) is 0 Å². The Labute approximate surface area is 132 Å². The highest BCUT2D eigenvalue weighted by atomic mass is 35.5. The summed E-state index contributed by atoms with van der Waals surface area (Å²) in [5.74, 6) is 0.0531. The Hall–Kier alpha value is -1.91. The fraction of sp³-hybridized carbons (Fsp3) is 0.133. The number of carbonyl (C=O) groups is 1. The molecule has 0 unspecified atom stereocenters. The van der Waals surface area contributed by atoms with E-state index in [9.17, 15) is 9.90 Å². The zero-order valence-electron chi connectivity index (χ0n) is 11.2. The van der Waals surface area contributed by atoms with Crippen LogP contribution in [0.1, 0.15) is 5.56 Å². The van der Waals surface area contributed by atoms with E-state index in [-0.39, 0.29) is 18.1 Å². The second kappa shape index (κ2) is 6.70. The number of phenols is 1. The van der Waals surface area contributed by atoms with Crippen LogP contribution in [0.25, 0.3) is 0 Å². The first-order chi connectivity index (χ1) is 9.99. The fourth-order valence-corrected chi connectivity index (χ4v) is 2.29. The van der Waals surface area contributed by atoms with E-state index >= 15 is 0 Å². The lowest BCUT2D eigenvalue weighted by Crippen LogP contribution is -2.14. The maximum absolute atomic E-state index is 12.0. The molecule has 0 radical (unpaired) electrons. The standard InChI is InChI=1S/C15H13Cl2NO3/c1-21-14-5-4-11(8-13(14)19)18-15(20)6-9-2-3-10(16)7-12(9)17/h2-5,7-8,19H,6H2,1H3,(H,18,20). The van der Waals surface area contributed by atoms with Crippen molar-refractivity contribution in [2.45, 2.75) is 6.42 Å². The highest BCUT2D eigenvalue weighted by Gasteiger charge is 2.09. The molecular weight excluding hydrogens is 313 g/mol. The summed E-state index contributed by atoms with van der Waals surface area (Å²) in [6, 6.07) is 9.59. The van der Waals surface area contributed by atoms with E-state index in [4.69, 9.17) is 27.9 Å². The summed E-state index contributed by atoms with van der Waals surface area (Å²) in [5, 5.41) is 13.3. The first kappa shape index (κ1) is 15.5. The van der Waals surface area contributed by atoms with Gasteiger partial charge in [0.05, 0.1) is 13.5 Å². The maximum atomic E-state index is 12.0. The number of amides is 1. The Bertz CT molecular complexity index is 674. The third kappa shape index (κ3) is 4.03. The minimum Gasteiger partial charge on any atom is -0.504 e. The minimum absolute atomic E-state index is 0.0418. The normalized spacial score (nSPS) is 10.2. The van der Waals surface area contributed by atoms with Crippen LogP contribution in [0.2, 0.25) is 10.0 Å². The smallest absolute Gasteiger partial charge is 0.228 e. The molecule has 0 aliphatic rings. The maximum Gasteiger partial charge on any atom is 0.228 e. The van der Waals surface area contributed by atoms with Crippen molar-refractivity contribution >= 4 is 34.8 Å². The summed E-state index contributed by atoms with van der Waals surface area (Å²) in [7, 11) is 1.45. The quantitative estimate of drug-likeness (QED) is 0.896. The second-order valence-electron chi connectivity index (χ2n) is 4.35. The third-order valence-electron chi connectivity index (χ3n) is 2.83. The number of hydrogen-bond donors (Lipinski definition) is 2. The van der Waals surface area contributed by atoms with Crippen LogP contribution in [-0.4, -0.2) is 18.1 Å². The van der Waals surface area contributed by atoms with Crippen molar-refractivity contribution in [3.63, 3.8) is 0 Å². The number of hydrogen-bond acceptors (Lipinski definition) is 3. The molecule has 0 bridgehead atoms. The number of aromatic hydroxyl groups is 1. The molecule has 0 heterocycles. The van der Waals surface area contributed by atoms with Gasteiger partial charge in [-0.25, -0.2) is 0 Å². The summed E-state index contributed by atoms with van der Waals surface area (Å²) in [6.07, 6.45) is 0.114. The lowest BCUT2D eigenvalue weighted by molar-refractivity contribution is -0.115. The SMILES string of the molecule is COc1ccc(NC(=O)Cc2ccc(Cl)cc2Cl)cc1O. The van der Waals surface area contributed by atoms with E-state index in [0.717, 1.165) is 0 Å². The number of phenolic OH excluding ortho intramolecular Hbond substituents is 1. The summed E-state index contributed by atoms with van der Waals surface area (Å²) < 4.78 is 4.93. The van der Waals surface area contributed by atoms with E-state index < -0.39 is 0 Å². The van der Waals surface area contributed by atoms with Crippen LogP contribution in [0.4, 0.5) is 5.69 Å². The van der Waals surface area contributed by atoms with E-state index in [0.29, 0.717) is 27.0 Å². The number of halogens is 2. The molecule has 110 valence electrons. The van der Waals surface area contributed by atoms with Gasteiger partial charge < -0.3 is 15.2 Å². The molecule has 0 fully saturated rings. The van der Waals surface area contributed by atoms with Gasteiger partial charge in [0.15, 0.2) is 11.5 Å². The highest BCUT2D eigenvalue weighted by molar-refractivity contribution is 6.35. The van der Waals surface area contributed by atoms with Crippen molar-refractivity contribution in [2.24, 2.45) is 0 Å². The van der Waals surface area contributed by atoms with Gasteiger partial charge in [-0.2, -0.15) is 0 Å². The number of rotatable bonds is 4. The van der Waals surface area contributed by atoms with Crippen LogP contribution in [0.3, 0.4) is 0 Å². The van der Waals surface area contributed by atoms with Crippen LogP contribution >= 0.6 is 23.2 Å². The Morgan fingerprint density at radius 3 is 2.62 bits per heavy atom. The lowest BCUT2D eigenvalue weighted by atomic mass is 10.1.